The molecule has 2 nitrogen and oxygen atoms in total. The van der Waals surface area contributed by atoms with Crippen molar-refractivity contribution >= 4 is 5.69 Å². The Labute approximate surface area is 114 Å². The van der Waals surface area contributed by atoms with Crippen molar-refractivity contribution in [1.29, 1.82) is 0 Å². The molecule has 2 N–H and O–H groups in total. The summed E-state index contributed by atoms with van der Waals surface area (Å²) in [5, 5.41) is 0. The van der Waals surface area contributed by atoms with Crippen LogP contribution in [-0.2, 0) is 0 Å². The number of benzene rings is 1. The molecule has 0 heterocycles. The third-order valence-corrected chi connectivity index (χ3v) is 4.18. The van der Waals surface area contributed by atoms with Gasteiger partial charge in [0.15, 0.2) is 0 Å². The number of nitrogens with two attached hydrogens (primary N) is 1. The van der Waals surface area contributed by atoms with Gasteiger partial charge in [-0.3, -0.25) is 0 Å². The summed E-state index contributed by atoms with van der Waals surface area (Å²) < 4.78 is 14.3. The summed E-state index contributed by atoms with van der Waals surface area (Å²) >= 11 is 0. The molecule has 1 aromatic carbocycles. The average molecular weight is 262 g/mol. The van der Waals surface area contributed by atoms with Gasteiger partial charge in [-0.25, -0.2) is 4.39 Å². The van der Waals surface area contributed by atoms with Crippen molar-refractivity contribution in [2.75, 3.05) is 18.0 Å². The molecular formula is C16H23FN2. The highest BCUT2D eigenvalue weighted by Crippen LogP contribution is 2.38. The number of halogens is 1. The number of anilines is 1. The summed E-state index contributed by atoms with van der Waals surface area (Å²) in [6.07, 6.45) is 5.18. The van der Waals surface area contributed by atoms with E-state index in [1.54, 1.807) is 12.1 Å². The van der Waals surface area contributed by atoms with Gasteiger partial charge in [0, 0.05) is 19.1 Å². The highest BCUT2D eigenvalue weighted by atomic mass is 19.1. The zero-order chi connectivity index (χ0) is 13.4. The Balaban J connectivity index is 1.89. The summed E-state index contributed by atoms with van der Waals surface area (Å²) in [6, 6.07) is 5.18. The molecule has 3 heteroatoms. The van der Waals surface area contributed by atoms with Gasteiger partial charge in [-0.1, -0.05) is 12.1 Å². The van der Waals surface area contributed by atoms with Gasteiger partial charge in [0.05, 0.1) is 5.69 Å². The van der Waals surface area contributed by atoms with Crippen molar-refractivity contribution in [2.24, 2.45) is 17.6 Å². The van der Waals surface area contributed by atoms with Crippen molar-refractivity contribution in [3.05, 3.63) is 29.6 Å². The molecule has 104 valence electrons. The van der Waals surface area contributed by atoms with Gasteiger partial charge in [-0.2, -0.15) is 0 Å². The molecule has 1 aromatic rings. The van der Waals surface area contributed by atoms with Crippen LogP contribution in [0.2, 0.25) is 0 Å². The SMILES string of the molecule is C[C@H](N)c1cccc(F)c1N(CC1CC1)CC1CC1. The smallest absolute Gasteiger partial charge is 0.146 e. The lowest BCUT2D eigenvalue weighted by Crippen LogP contribution is -2.30. The van der Waals surface area contributed by atoms with Crippen LogP contribution in [0.1, 0.15) is 44.2 Å². The summed E-state index contributed by atoms with van der Waals surface area (Å²) in [5.74, 6) is 1.41. The van der Waals surface area contributed by atoms with Crippen molar-refractivity contribution in [3.63, 3.8) is 0 Å². The average Bonchev–Trinajstić information content (AvgIpc) is 3.23. The Kier molecular flexibility index (Phi) is 3.48. The van der Waals surface area contributed by atoms with Crippen LogP contribution in [0, 0.1) is 17.7 Å². The zero-order valence-electron chi connectivity index (χ0n) is 11.6. The van der Waals surface area contributed by atoms with Gasteiger partial charge in [-0.05, 0) is 56.1 Å². The first kappa shape index (κ1) is 12.9. The van der Waals surface area contributed by atoms with Crippen LogP contribution < -0.4 is 10.6 Å². The topological polar surface area (TPSA) is 29.3 Å². The fraction of sp³-hybridized carbons (Fsp3) is 0.625. The molecule has 2 fully saturated rings. The minimum atomic E-state index is -0.119. The van der Waals surface area contributed by atoms with E-state index < -0.39 is 0 Å². The van der Waals surface area contributed by atoms with E-state index in [-0.39, 0.29) is 11.9 Å². The second-order valence-corrected chi connectivity index (χ2v) is 6.26. The van der Waals surface area contributed by atoms with Gasteiger partial charge in [-0.15, -0.1) is 0 Å². The van der Waals surface area contributed by atoms with Crippen molar-refractivity contribution in [2.45, 2.75) is 38.6 Å². The van der Waals surface area contributed by atoms with Crippen LogP contribution in [0.5, 0.6) is 0 Å². The van der Waals surface area contributed by atoms with E-state index in [0.717, 1.165) is 36.2 Å². The molecular weight excluding hydrogens is 239 g/mol. The molecule has 0 unspecified atom stereocenters. The number of para-hydroxylation sites is 1. The van der Waals surface area contributed by atoms with E-state index in [0.29, 0.717) is 0 Å². The summed E-state index contributed by atoms with van der Waals surface area (Å²) in [4.78, 5) is 2.27. The monoisotopic (exact) mass is 262 g/mol. The quantitative estimate of drug-likeness (QED) is 0.850. The summed E-state index contributed by atoms with van der Waals surface area (Å²) in [7, 11) is 0. The summed E-state index contributed by atoms with van der Waals surface area (Å²) in [6.45, 7) is 3.93. The predicted molar refractivity (Wildman–Crippen MR) is 76.7 cm³/mol. The maximum Gasteiger partial charge on any atom is 0.146 e. The van der Waals surface area contributed by atoms with E-state index in [1.165, 1.54) is 25.7 Å². The van der Waals surface area contributed by atoms with Crippen LogP contribution in [0.4, 0.5) is 10.1 Å². The molecule has 2 aliphatic rings. The first-order valence-corrected chi connectivity index (χ1v) is 7.44. The Bertz CT molecular complexity index is 436. The van der Waals surface area contributed by atoms with E-state index in [2.05, 4.69) is 4.90 Å². The number of hydrogen-bond acceptors (Lipinski definition) is 2. The Morgan fingerprint density at radius 3 is 2.26 bits per heavy atom. The lowest BCUT2D eigenvalue weighted by Gasteiger charge is -2.28. The molecule has 0 amide bonds. The lowest BCUT2D eigenvalue weighted by atomic mass is 10.0. The van der Waals surface area contributed by atoms with Crippen molar-refractivity contribution < 1.29 is 4.39 Å². The first-order chi connectivity index (χ1) is 9.15. The van der Waals surface area contributed by atoms with Crippen molar-refractivity contribution in [1.82, 2.24) is 0 Å². The van der Waals surface area contributed by atoms with E-state index in [1.807, 2.05) is 13.0 Å². The second-order valence-electron chi connectivity index (χ2n) is 6.26. The second kappa shape index (κ2) is 5.12. The Morgan fingerprint density at radius 1 is 1.21 bits per heavy atom. The summed E-state index contributed by atoms with van der Waals surface area (Å²) in [5.41, 5.74) is 7.73. The van der Waals surface area contributed by atoms with E-state index >= 15 is 0 Å². The van der Waals surface area contributed by atoms with Crippen LogP contribution in [0.15, 0.2) is 18.2 Å². The first-order valence-electron chi connectivity index (χ1n) is 7.44. The molecule has 3 rings (SSSR count). The van der Waals surface area contributed by atoms with E-state index in [9.17, 15) is 4.39 Å². The number of rotatable bonds is 6. The van der Waals surface area contributed by atoms with Crippen LogP contribution in [0.25, 0.3) is 0 Å². The molecule has 2 saturated carbocycles. The standard InChI is InChI=1S/C16H23FN2/c1-11(18)14-3-2-4-15(17)16(14)19(9-12-5-6-12)10-13-7-8-13/h2-4,11-13H,5-10,18H2,1H3/t11-/m0/s1. The highest BCUT2D eigenvalue weighted by Gasteiger charge is 2.31. The molecule has 1 atom stereocenters. The number of nitrogens with zero attached hydrogens (tertiary/aromatic N) is 1. The number of hydrogen-bond donors (Lipinski definition) is 1. The van der Waals surface area contributed by atoms with Crippen LogP contribution >= 0.6 is 0 Å². The fourth-order valence-electron chi connectivity index (χ4n) is 2.71. The van der Waals surface area contributed by atoms with Gasteiger partial charge in [0.1, 0.15) is 5.82 Å². The lowest BCUT2D eigenvalue weighted by molar-refractivity contribution is 0.595. The molecule has 0 aliphatic heterocycles. The normalized spacial score (nSPS) is 20.4. The maximum atomic E-state index is 14.3. The van der Waals surface area contributed by atoms with Gasteiger partial charge in [0.25, 0.3) is 0 Å². The van der Waals surface area contributed by atoms with E-state index in [4.69, 9.17) is 5.73 Å². The minimum Gasteiger partial charge on any atom is -0.368 e. The molecule has 0 saturated heterocycles. The Morgan fingerprint density at radius 2 is 1.79 bits per heavy atom. The fourth-order valence-corrected chi connectivity index (χ4v) is 2.71. The molecule has 0 radical (unpaired) electrons. The predicted octanol–water partition coefficient (Wildman–Crippen LogP) is 3.47. The highest BCUT2D eigenvalue weighted by molar-refractivity contribution is 5.56. The molecule has 0 bridgehead atoms. The largest absolute Gasteiger partial charge is 0.368 e. The minimum absolute atomic E-state index is 0.115. The van der Waals surface area contributed by atoms with Crippen molar-refractivity contribution in [3.8, 4) is 0 Å². The van der Waals surface area contributed by atoms with Crippen LogP contribution in [0.3, 0.4) is 0 Å². The molecule has 0 aromatic heterocycles. The molecule has 2 aliphatic carbocycles. The maximum absolute atomic E-state index is 14.3. The zero-order valence-corrected chi connectivity index (χ0v) is 11.6. The van der Waals surface area contributed by atoms with Crippen LogP contribution in [-0.4, -0.2) is 13.1 Å². The van der Waals surface area contributed by atoms with Gasteiger partial charge >= 0.3 is 0 Å². The molecule has 19 heavy (non-hydrogen) atoms. The third-order valence-electron chi connectivity index (χ3n) is 4.18. The molecule has 0 spiro atoms. The third kappa shape index (κ3) is 3.08. The Hall–Kier alpha value is -1.09. The van der Waals surface area contributed by atoms with Gasteiger partial charge in [0.2, 0.25) is 0 Å². The van der Waals surface area contributed by atoms with Gasteiger partial charge < -0.3 is 10.6 Å².